The van der Waals surface area contributed by atoms with Gasteiger partial charge < -0.3 is 4.74 Å². The normalized spacial score (nSPS) is 17.1. The molecule has 1 heterocycles. The molecule has 1 aliphatic carbocycles. The number of aromatic nitrogens is 3. The quantitative estimate of drug-likeness (QED) is 0.225. The van der Waals surface area contributed by atoms with Crippen LogP contribution in [0.15, 0.2) is 112 Å². The molecule has 204 valence electrons. The van der Waals surface area contributed by atoms with Crippen LogP contribution in [0.25, 0.3) is 0 Å². The van der Waals surface area contributed by atoms with Crippen LogP contribution in [0.5, 0.6) is 0 Å². The summed E-state index contributed by atoms with van der Waals surface area (Å²) in [6.07, 6.45) is 3.72. The predicted molar refractivity (Wildman–Crippen MR) is 155 cm³/mol. The number of benzene rings is 3. The molecule has 40 heavy (non-hydrogen) atoms. The molecule has 0 spiro atoms. The smallest absolute Gasteiger partial charge is 0.347 e. The molecule has 0 saturated heterocycles. The van der Waals surface area contributed by atoms with Gasteiger partial charge in [-0.25, -0.2) is 28.7 Å². The molecule has 0 radical (unpaired) electrons. The molecule has 8 heteroatoms. The number of nitrogens with zero attached hydrogens (tertiary/aromatic N) is 3. The van der Waals surface area contributed by atoms with E-state index in [1.54, 1.807) is 0 Å². The third kappa shape index (κ3) is 5.38. The van der Waals surface area contributed by atoms with E-state index in [4.69, 9.17) is 9.73 Å². The van der Waals surface area contributed by atoms with Crippen molar-refractivity contribution in [3.8, 4) is 0 Å². The Morgan fingerprint density at radius 1 is 0.850 bits per heavy atom. The van der Waals surface area contributed by atoms with Crippen LogP contribution in [0.4, 0.5) is 0 Å². The number of aliphatic imine (C=N–C) groups is 1. The van der Waals surface area contributed by atoms with Crippen LogP contribution in [0.2, 0.25) is 0 Å². The molecule has 0 bridgehead atoms. The van der Waals surface area contributed by atoms with Gasteiger partial charge in [-0.1, -0.05) is 97.1 Å². The lowest BCUT2D eigenvalue weighted by atomic mass is 9.81. The van der Waals surface area contributed by atoms with Crippen molar-refractivity contribution >= 4 is 11.7 Å². The number of allylic oxidation sites excluding steroid dienone is 1. The lowest BCUT2D eigenvalue weighted by molar-refractivity contribution is -0.156. The summed E-state index contributed by atoms with van der Waals surface area (Å²) in [5, 5.41) is 2.64. The van der Waals surface area contributed by atoms with Crippen molar-refractivity contribution in [2.45, 2.75) is 44.4 Å². The summed E-state index contributed by atoms with van der Waals surface area (Å²) < 4.78 is 8.24. The Hall–Kier alpha value is -4.72. The van der Waals surface area contributed by atoms with Gasteiger partial charge in [0.05, 0.1) is 11.8 Å². The number of rotatable bonds is 6. The van der Waals surface area contributed by atoms with Gasteiger partial charge in [0.15, 0.2) is 6.04 Å². The van der Waals surface area contributed by atoms with Gasteiger partial charge in [0, 0.05) is 24.1 Å². The Kier molecular flexibility index (Phi) is 7.26. The molecule has 4 aromatic rings. The molecule has 3 atom stereocenters. The molecule has 0 amide bonds. The summed E-state index contributed by atoms with van der Waals surface area (Å²) in [5.74, 6) is -0.930. The van der Waals surface area contributed by atoms with E-state index < -0.39 is 41.0 Å². The van der Waals surface area contributed by atoms with Gasteiger partial charge in [-0.3, -0.25) is 4.99 Å². The van der Waals surface area contributed by atoms with E-state index in [0.717, 1.165) is 26.8 Å². The topological polar surface area (TPSA) is 98.5 Å². The van der Waals surface area contributed by atoms with E-state index in [0.29, 0.717) is 5.71 Å². The van der Waals surface area contributed by atoms with Crippen LogP contribution in [0.1, 0.15) is 55.0 Å². The lowest BCUT2D eigenvalue weighted by Crippen LogP contribution is -2.37. The first-order valence-electron chi connectivity index (χ1n) is 13.2. The number of hydrogen-bond donors (Lipinski definition) is 1. The van der Waals surface area contributed by atoms with Crippen molar-refractivity contribution in [1.82, 2.24) is 14.3 Å². The van der Waals surface area contributed by atoms with E-state index in [2.05, 4.69) is 5.10 Å². The standard InChI is InChI=1S/C32H32N4O4/c1-32(2,3)40-29(37)28(33-27(21-13-7-5-8-14-21)22-15-9-6-10-16-22)25-19-20-26(24-18-12-11-17-23(24)25)36-31(39)35(4)30(38)34-36/h5-20,25-26,28H,1-4H3,(H,34,38)/t25-,26+,28+/m0/s1. The number of H-pyrrole nitrogens is 1. The second-order valence-corrected chi connectivity index (χ2v) is 10.8. The highest BCUT2D eigenvalue weighted by atomic mass is 16.6. The van der Waals surface area contributed by atoms with Gasteiger partial charge in [0.25, 0.3) is 0 Å². The van der Waals surface area contributed by atoms with E-state index in [9.17, 15) is 14.4 Å². The highest BCUT2D eigenvalue weighted by Gasteiger charge is 2.37. The lowest BCUT2D eigenvalue weighted by Gasteiger charge is -2.31. The fraction of sp³-hybridized carbons (Fsp3) is 0.250. The molecular weight excluding hydrogens is 504 g/mol. The average Bonchev–Trinajstić information content (AvgIpc) is 3.20. The van der Waals surface area contributed by atoms with Crippen molar-refractivity contribution in [3.05, 3.63) is 140 Å². The zero-order chi connectivity index (χ0) is 28.4. The molecule has 1 aliphatic rings. The average molecular weight is 537 g/mol. The first-order chi connectivity index (χ1) is 19.1. The Morgan fingerprint density at radius 3 is 1.93 bits per heavy atom. The summed E-state index contributed by atoms with van der Waals surface area (Å²) in [4.78, 5) is 44.0. The second-order valence-electron chi connectivity index (χ2n) is 10.8. The summed E-state index contributed by atoms with van der Waals surface area (Å²) in [6, 6.07) is 25.7. The van der Waals surface area contributed by atoms with Gasteiger partial charge in [-0.15, -0.1) is 0 Å². The van der Waals surface area contributed by atoms with Gasteiger partial charge in [-0.05, 0) is 31.9 Å². The Morgan fingerprint density at radius 2 is 1.40 bits per heavy atom. The number of fused-ring (bicyclic) bond motifs is 1. The number of ether oxygens (including phenoxy) is 1. The molecule has 5 rings (SSSR count). The zero-order valence-corrected chi connectivity index (χ0v) is 22.9. The fourth-order valence-corrected chi connectivity index (χ4v) is 4.97. The highest BCUT2D eigenvalue weighted by molar-refractivity contribution is 6.13. The summed E-state index contributed by atoms with van der Waals surface area (Å²) in [7, 11) is 1.43. The first-order valence-corrected chi connectivity index (χ1v) is 13.2. The van der Waals surface area contributed by atoms with Crippen LogP contribution < -0.4 is 11.4 Å². The second kappa shape index (κ2) is 10.8. The van der Waals surface area contributed by atoms with Gasteiger partial charge in [-0.2, -0.15) is 0 Å². The number of carbonyl (C=O) groups is 1. The fourth-order valence-electron chi connectivity index (χ4n) is 4.97. The van der Waals surface area contributed by atoms with Crippen molar-refractivity contribution < 1.29 is 9.53 Å². The first kappa shape index (κ1) is 26.9. The van der Waals surface area contributed by atoms with Gasteiger partial charge >= 0.3 is 17.3 Å². The molecule has 3 aromatic carbocycles. The third-order valence-electron chi connectivity index (χ3n) is 6.82. The zero-order valence-electron chi connectivity index (χ0n) is 22.9. The molecule has 0 aliphatic heterocycles. The van der Waals surface area contributed by atoms with Crippen LogP contribution in [-0.4, -0.2) is 37.7 Å². The Balaban J connectivity index is 1.68. The number of hydrogen-bond acceptors (Lipinski definition) is 5. The van der Waals surface area contributed by atoms with Crippen molar-refractivity contribution in [3.63, 3.8) is 0 Å². The number of aromatic amines is 1. The van der Waals surface area contributed by atoms with E-state index in [1.807, 2.05) is 118 Å². The molecule has 0 fully saturated rings. The Bertz CT molecular complexity index is 1650. The van der Waals surface area contributed by atoms with Crippen molar-refractivity contribution in [2.75, 3.05) is 0 Å². The van der Waals surface area contributed by atoms with Gasteiger partial charge in [0.2, 0.25) is 0 Å². The number of carbonyl (C=O) groups excluding carboxylic acids is 1. The maximum atomic E-state index is 13.9. The van der Waals surface area contributed by atoms with Gasteiger partial charge in [0.1, 0.15) is 5.60 Å². The Labute approximate surface area is 232 Å². The summed E-state index contributed by atoms with van der Waals surface area (Å²) in [6.45, 7) is 5.50. The summed E-state index contributed by atoms with van der Waals surface area (Å²) in [5.41, 5.74) is 2.38. The monoisotopic (exact) mass is 536 g/mol. The van der Waals surface area contributed by atoms with Crippen molar-refractivity contribution in [1.29, 1.82) is 0 Å². The van der Waals surface area contributed by atoms with Crippen LogP contribution in [0.3, 0.4) is 0 Å². The number of esters is 1. The maximum Gasteiger partial charge on any atom is 0.347 e. The molecule has 0 unspecified atom stereocenters. The van der Waals surface area contributed by atoms with Crippen LogP contribution in [0, 0.1) is 0 Å². The third-order valence-corrected chi connectivity index (χ3v) is 6.82. The van der Waals surface area contributed by atoms with Crippen molar-refractivity contribution in [2.24, 2.45) is 12.0 Å². The minimum Gasteiger partial charge on any atom is -0.458 e. The molecule has 0 saturated carbocycles. The van der Waals surface area contributed by atoms with E-state index in [1.165, 1.54) is 11.7 Å². The number of nitrogens with one attached hydrogen (secondary N) is 1. The predicted octanol–water partition coefficient (Wildman–Crippen LogP) is 4.37. The highest BCUT2D eigenvalue weighted by Crippen LogP contribution is 2.38. The minimum absolute atomic E-state index is 0.454. The molecule has 1 N–H and O–H groups in total. The maximum absolute atomic E-state index is 13.9. The molecular formula is C32H32N4O4. The van der Waals surface area contributed by atoms with Crippen LogP contribution in [-0.2, 0) is 16.6 Å². The minimum atomic E-state index is -0.917. The van der Waals surface area contributed by atoms with Crippen LogP contribution >= 0.6 is 0 Å². The SMILES string of the molecule is Cn1c(=O)[nH]n([C@@H]2C=C[C@H]([C@@H](N=C(c3ccccc3)c3ccccc3)C(=O)OC(C)(C)C)c3ccccc32)c1=O. The molecule has 8 nitrogen and oxygen atoms in total. The van der Waals surface area contributed by atoms with E-state index >= 15 is 0 Å². The van der Waals surface area contributed by atoms with E-state index in [-0.39, 0.29) is 0 Å². The molecule has 1 aromatic heterocycles. The summed E-state index contributed by atoms with van der Waals surface area (Å²) >= 11 is 0. The largest absolute Gasteiger partial charge is 0.458 e.